The number of hydrogen-bond donors (Lipinski definition) is 3. The van der Waals surface area contributed by atoms with Gasteiger partial charge in [0, 0.05) is 32.4 Å². The van der Waals surface area contributed by atoms with Gasteiger partial charge in [-0.1, -0.05) is 30.3 Å². The Morgan fingerprint density at radius 1 is 0.604 bits per heavy atom. The van der Waals surface area contributed by atoms with Crippen molar-refractivity contribution in [3.05, 3.63) is 35.9 Å². The first-order valence-corrected chi connectivity index (χ1v) is 17.8. The monoisotopic (exact) mass is 753 g/mol. The largest absolute Gasteiger partial charge is 0.460 e. The van der Waals surface area contributed by atoms with Crippen molar-refractivity contribution in [1.82, 2.24) is 16.0 Å². The lowest BCUT2D eigenvalue weighted by Gasteiger charge is -2.24. The number of nitrogens with one attached hydrogen (secondary N) is 3. The van der Waals surface area contributed by atoms with Crippen molar-refractivity contribution in [2.75, 3.05) is 65.9 Å². The predicted molar refractivity (Wildman–Crippen MR) is 192 cm³/mol. The molecule has 3 amide bonds. The highest BCUT2D eigenvalue weighted by Gasteiger charge is 2.27. The van der Waals surface area contributed by atoms with Gasteiger partial charge in [0.05, 0.1) is 39.6 Å². The highest BCUT2D eigenvalue weighted by molar-refractivity contribution is 5.85. The highest BCUT2D eigenvalue weighted by Crippen LogP contribution is 2.13. The van der Waals surface area contributed by atoms with E-state index in [9.17, 15) is 28.8 Å². The number of hydrogen-bond acceptors (Lipinski definition) is 13. The Morgan fingerprint density at radius 3 is 1.77 bits per heavy atom. The first-order valence-electron chi connectivity index (χ1n) is 17.8. The number of benzene rings is 1. The molecule has 0 aliphatic carbocycles. The first-order chi connectivity index (χ1) is 25.0. The summed E-state index contributed by atoms with van der Waals surface area (Å²) in [4.78, 5) is 73.1. The van der Waals surface area contributed by atoms with Crippen LogP contribution in [-0.2, 0) is 68.5 Å². The third-order valence-corrected chi connectivity index (χ3v) is 6.47. The molecule has 16 heteroatoms. The van der Waals surface area contributed by atoms with E-state index in [0.717, 1.165) is 5.56 Å². The van der Waals surface area contributed by atoms with Crippen LogP contribution in [0.25, 0.3) is 0 Å². The van der Waals surface area contributed by atoms with Crippen molar-refractivity contribution in [2.45, 2.75) is 97.5 Å². The van der Waals surface area contributed by atoms with E-state index in [0.29, 0.717) is 0 Å². The standard InChI is InChI=1S/C37H59N3O13/c1-36(2,3)52-33(44)14-10-13-31(42)40-29(35(46)53-37(4,5)6)15-16-30(41)38-17-19-47-21-23-49-26-32(43)39-18-20-48-22-24-50-27-34(45)51-25-28-11-8-7-9-12-28/h7-9,11-12,29H,10,13-27H2,1-6H3,(H,38,41)(H,39,43)(H,40,42). The molecule has 0 aromatic heterocycles. The Labute approximate surface area is 312 Å². The maximum atomic E-state index is 12.7. The number of rotatable bonds is 27. The fourth-order valence-electron chi connectivity index (χ4n) is 4.15. The second-order valence-corrected chi connectivity index (χ2v) is 13.8. The second-order valence-electron chi connectivity index (χ2n) is 13.8. The summed E-state index contributed by atoms with van der Waals surface area (Å²) in [5.74, 6) is -2.64. The van der Waals surface area contributed by atoms with E-state index in [1.165, 1.54) is 0 Å². The molecule has 53 heavy (non-hydrogen) atoms. The third-order valence-electron chi connectivity index (χ3n) is 6.47. The molecule has 0 saturated heterocycles. The molecule has 0 aliphatic rings. The van der Waals surface area contributed by atoms with Crippen molar-refractivity contribution in [3.63, 3.8) is 0 Å². The van der Waals surface area contributed by atoms with Crippen LogP contribution in [0, 0.1) is 0 Å². The summed E-state index contributed by atoms with van der Waals surface area (Å²) < 4.78 is 37.0. The smallest absolute Gasteiger partial charge is 0.332 e. The Bertz CT molecular complexity index is 1250. The van der Waals surface area contributed by atoms with E-state index in [4.69, 9.17) is 33.2 Å². The van der Waals surface area contributed by atoms with E-state index < -0.39 is 41.1 Å². The van der Waals surface area contributed by atoms with E-state index in [1.54, 1.807) is 41.5 Å². The average molecular weight is 754 g/mol. The van der Waals surface area contributed by atoms with Crippen LogP contribution >= 0.6 is 0 Å². The van der Waals surface area contributed by atoms with Gasteiger partial charge in [-0.2, -0.15) is 0 Å². The van der Waals surface area contributed by atoms with Gasteiger partial charge in [0.25, 0.3) is 0 Å². The Balaban J connectivity index is 2.10. The summed E-state index contributed by atoms with van der Waals surface area (Å²) in [7, 11) is 0. The lowest BCUT2D eigenvalue weighted by Crippen LogP contribution is -2.45. The lowest BCUT2D eigenvalue weighted by molar-refractivity contribution is -0.159. The quantitative estimate of drug-likeness (QED) is 0.0671. The lowest BCUT2D eigenvalue weighted by atomic mass is 10.1. The molecule has 1 rings (SSSR count). The average Bonchev–Trinajstić information content (AvgIpc) is 3.06. The summed E-state index contributed by atoms with van der Waals surface area (Å²) in [5, 5.41) is 7.96. The van der Waals surface area contributed by atoms with Crippen molar-refractivity contribution in [2.24, 2.45) is 0 Å². The normalized spacial score (nSPS) is 12.0. The molecule has 300 valence electrons. The summed E-state index contributed by atoms with van der Waals surface area (Å²) in [6.45, 7) is 12.0. The van der Waals surface area contributed by atoms with Gasteiger partial charge >= 0.3 is 17.9 Å². The molecular formula is C37H59N3O13. The fourth-order valence-corrected chi connectivity index (χ4v) is 4.15. The second kappa shape index (κ2) is 26.6. The molecule has 0 heterocycles. The molecule has 1 aromatic carbocycles. The zero-order valence-corrected chi connectivity index (χ0v) is 32.1. The molecule has 0 aliphatic heterocycles. The minimum atomic E-state index is -1.04. The Kier molecular flexibility index (Phi) is 23.6. The van der Waals surface area contributed by atoms with Crippen molar-refractivity contribution >= 4 is 35.6 Å². The van der Waals surface area contributed by atoms with E-state index >= 15 is 0 Å². The summed E-state index contributed by atoms with van der Waals surface area (Å²) in [6, 6.07) is 8.29. The summed E-state index contributed by atoms with van der Waals surface area (Å²) >= 11 is 0. The highest BCUT2D eigenvalue weighted by atomic mass is 16.6. The van der Waals surface area contributed by atoms with Gasteiger partial charge in [0.15, 0.2) is 0 Å². The van der Waals surface area contributed by atoms with Crippen LogP contribution in [0.3, 0.4) is 0 Å². The Hall–Kier alpha value is -4.12. The van der Waals surface area contributed by atoms with Crippen LogP contribution < -0.4 is 16.0 Å². The molecular weight excluding hydrogens is 694 g/mol. The number of amides is 3. The van der Waals surface area contributed by atoms with Crippen molar-refractivity contribution in [1.29, 1.82) is 0 Å². The van der Waals surface area contributed by atoms with Gasteiger partial charge in [-0.3, -0.25) is 19.2 Å². The summed E-state index contributed by atoms with van der Waals surface area (Å²) in [5.41, 5.74) is -0.520. The molecule has 0 saturated carbocycles. The van der Waals surface area contributed by atoms with Crippen molar-refractivity contribution < 1.29 is 61.9 Å². The molecule has 0 radical (unpaired) electrons. The minimum Gasteiger partial charge on any atom is -0.460 e. The van der Waals surface area contributed by atoms with E-state index in [1.807, 2.05) is 30.3 Å². The zero-order valence-electron chi connectivity index (χ0n) is 32.1. The van der Waals surface area contributed by atoms with E-state index in [2.05, 4.69) is 16.0 Å². The van der Waals surface area contributed by atoms with Crippen LogP contribution in [0.4, 0.5) is 0 Å². The molecule has 0 bridgehead atoms. The summed E-state index contributed by atoms with van der Waals surface area (Å²) in [6.07, 6.45) is 0.269. The van der Waals surface area contributed by atoms with Gasteiger partial charge < -0.3 is 49.1 Å². The topological polar surface area (TPSA) is 203 Å². The maximum Gasteiger partial charge on any atom is 0.332 e. The third kappa shape index (κ3) is 28.1. The van der Waals surface area contributed by atoms with Crippen LogP contribution in [-0.4, -0.2) is 119 Å². The molecule has 3 N–H and O–H groups in total. The van der Waals surface area contributed by atoms with Gasteiger partial charge in [-0.05, 0) is 59.9 Å². The number of ether oxygens (including phenoxy) is 7. The van der Waals surface area contributed by atoms with Gasteiger partial charge in [-0.15, -0.1) is 0 Å². The molecule has 0 fully saturated rings. The Morgan fingerprint density at radius 2 is 1.17 bits per heavy atom. The number of carbonyl (C=O) groups excluding carboxylic acids is 6. The van der Waals surface area contributed by atoms with Gasteiger partial charge in [0.2, 0.25) is 17.7 Å². The molecule has 1 unspecified atom stereocenters. The van der Waals surface area contributed by atoms with Crippen LogP contribution in [0.2, 0.25) is 0 Å². The fraction of sp³-hybridized carbons (Fsp3) is 0.676. The van der Waals surface area contributed by atoms with E-state index in [-0.39, 0.29) is 116 Å². The number of carbonyl (C=O) groups is 6. The SMILES string of the molecule is CC(C)(C)OC(=O)CCCC(=O)NC(CCC(=O)NCCOCCOCC(=O)NCCOCCOCC(=O)OCc1ccccc1)C(=O)OC(C)(C)C. The zero-order chi connectivity index (χ0) is 39.5. The number of esters is 3. The van der Waals surface area contributed by atoms with Crippen LogP contribution in [0.1, 0.15) is 79.2 Å². The van der Waals surface area contributed by atoms with Crippen molar-refractivity contribution in [3.8, 4) is 0 Å². The first kappa shape index (κ1) is 46.9. The van der Waals surface area contributed by atoms with Gasteiger partial charge in [-0.25, -0.2) is 9.59 Å². The maximum absolute atomic E-state index is 12.7. The van der Waals surface area contributed by atoms with Crippen LogP contribution in [0.5, 0.6) is 0 Å². The van der Waals surface area contributed by atoms with Crippen LogP contribution in [0.15, 0.2) is 30.3 Å². The molecule has 1 atom stereocenters. The molecule has 0 spiro atoms. The minimum absolute atomic E-state index is 0.00109. The van der Waals surface area contributed by atoms with Gasteiger partial charge in [0.1, 0.15) is 37.1 Å². The predicted octanol–water partition coefficient (Wildman–Crippen LogP) is 2.15. The molecule has 1 aromatic rings. The molecule has 16 nitrogen and oxygen atoms in total.